The Labute approximate surface area is 106 Å². The van der Waals surface area contributed by atoms with Gasteiger partial charge in [-0.2, -0.15) is 0 Å². The maximum Gasteiger partial charge on any atom is 0.123 e. The van der Waals surface area contributed by atoms with Crippen molar-refractivity contribution in [1.29, 1.82) is 0 Å². The first-order valence-corrected chi connectivity index (χ1v) is 6.34. The molecule has 0 aromatic heterocycles. The van der Waals surface area contributed by atoms with Crippen LogP contribution in [0.3, 0.4) is 0 Å². The summed E-state index contributed by atoms with van der Waals surface area (Å²) in [5, 5.41) is 14.5. The second-order valence-corrected chi connectivity index (χ2v) is 5.01. The maximum atomic E-state index is 13.3. The minimum atomic E-state index is -1.01. The van der Waals surface area contributed by atoms with Gasteiger partial charge >= 0.3 is 0 Å². The Hall–Kier alpha value is -0.640. The predicted octanol–water partition coefficient (Wildman–Crippen LogP) is 2.69. The molecule has 1 saturated heterocycles. The molecule has 2 atom stereocenters. The van der Waals surface area contributed by atoms with Crippen LogP contribution in [0, 0.1) is 11.7 Å². The lowest BCUT2D eigenvalue weighted by atomic mass is 9.75. The van der Waals surface area contributed by atoms with Gasteiger partial charge < -0.3 is 10.4 Å². The van der Waals surface area contributed by atoms with E-state index in [0.717, 1.165) is 19.5 Å². The Bertz CT molecular complexity index is 412. The first kappa shape index (κ1) is 12.8. The normalized spacial score (nSPS) is 29.3. The zero-order chi connectivity index (χ0) is 12.5. The summed E-state index contributed by atoms with van der Waals surface area (Å²) in [6, 6.07) is 4.19. The highest BCUT2D eigenvalue weighted by Crippen LogP contribution is 2.40. The molecule has 0 amide bonds. The number of aliphatic hydroxyl groups is 1. The van der Waals surface area contributed by atoms with Crippen molar-refractivity contribution >= 4 is 11.6 Å². The molecule has 1 aromatic carbocycles. The molecule has 1 aliphatic heterocycles. The van der Waals surface area contributed by atoms with Gasteiger partial charge in [-0.3, -0.25) is 0 Å². The molecule has 1 aromatic rings. The van der Waals surface area contributed by atoms with E-state index in [1.807, 2.05) is 6.92 Å². The Morgan fingerprint density at radius 1 is 1.59 bits per heavy atom. The minimum Gasteiger partial charge on any atom is -0.385 e. The lowest BCUT2D eigenvalue weighted by Gasteiger charge is -2.41. The van der Waals surface area contributed by atoms with Crippen LogP contribution in [0.4, 0.5) is 4.39 Å². The van der Waals surface area contributed by atoms with Crippen LogP contribution in [0.15, 0.2) is 18.2 Å². The van der Waals surface area contributed by atoms with E-state index in [9.17, 15) is 9.50 Å². The third kappa shape index (κ3) is 2.32. The maximum absolute atomic E-state index is 13.3. The van der Waals surface area contributed by atoms with E-state index in [1.165, 1.54) is 18.2 Å². The van der Waals surface area contributed by atoms with E-state index < -0.39 is 5.60 Å². The quantitative estimate of drug-likeness (QED) is 0.854. The minimum absolute atomic E-state index is 0.0653. The lowest BCUT2D eigenvalue weighted by molar-refractivity contribution is -0.0479. The van der Waals surface area contributed by atoms with E-state index in [4.69, 9.17) is 11.6 Å². The van der Waals surface area contributed by atoms with Crippen LogP contribution in [-0.2, 0) is 5.60 Å². The number of rotatable bonds is 2. The van der Waals surface area contributed by atoms with Crippen LogP contribution in [0.25, 0.3) is 0 Å². The molecule has 0 aliphatic carbocycles. The van der Waals surface area contributed by atoms with Gasteiger partial charge in [0.2, 0.25) is 0 Å². The molecular formula is C13H17ClFNO. The average Bonchev–Trinajstić information content (AvgIpc) is 2.33. The van der Waals surface area contributed by atoms with Gasteiger partial charge in [0, 0.05) is 23.0 Å². The van der Waals surface area contributed by atoms with E-state index in [-0.39, 0.29) is 11.7 Å². The number of nitrogens with one attached hydrogen (secondary N) is 1. The van der Waals surface area contributed by atoms with Crippen molar-refractivity contribution in [3.63, 3.8) is 0 Å². The highest BCUT2D eigenvalue weighted by atomic mass is 35.5. The summed E-state index contributed by atoms with van der Waals surface area (Å²) in [4.78, 5) is 0. The first-order chi connectivity index (χ1) is 8.08. The third-order valence-electron chi connectivity index (χ3n) is 3.64. The summed E-state index contributed by atoms with van der Waals surface area (Å²) in [5.41, 5.74) is -0.494. The molecule has 94 valence electrons. The van der Waals surface area contributed by atoms with Gasteiger partial charge in [-0.25, -0.2) is 4.39 Å². The molecular weight excluding hydrogens is 241 g/mol. The zero-order valence-electron chi connectivity index (χ0n) is 9.84. The second-order valence-electron chi connectivity index (χ2n) is 4.61. The first-order valence-electron chi connectivity index (χ1n) is 5.96. The molecule has 1 aliphatic rings. The SMILES string of the molecule is CCC1CNCCC1(O)c1cc(F)ccc1Cl. The molecule has 2 nitrogen and oxygen atoms in total. The third-order valence-corrected chi connectivity index (χ3v) is 3.97. The monoisotopic (exact) mass is 257 g/mol. The smallest absolute Gasteiger partial charge is 0.123 e. The van der Waals surface area contributed by atoms with Gasteiger partial charge in [-0.15, -0.1) is 0 Å². The number of piperidine rings is 1. The van der Waals surface area contributed by atoms with Crippen LogP contribution in [0.1, 0.15) is 25.3 Å². The number of hydrogen-bond donors (Lipinski definition) is 2. The Morgan fingerprint density at radius 3 is 3.06 bits per heavy atom. The molecule has 1 fully saturated rings. The molecule has 4 heteroatoms. The summed E-state index contributed by atoms with van der Waals surface area (Å²) in [6.07, 6.45) is 1.39. The number of hydrogen-bond acceptors (Lipinski definition) is 2. The number of benzene rings is 1. The van der Waals surface area contributed by atoms with Gasteiger partial charge in [-0.05, 0) is 37.6 Å². The van der Waals surface area contributed by atoms with Crippen LogP contribution in [0.2, 0.25) is 5.02 Å². The van der Waals surface area contributed by atoms with Crippen LogP contribution < -0.4 is 5.32 Å². The molecule has 1 heterocycles. The van der Waals surface area contributed by atoms with Crippen molar-refractivity contribution in [3.05, 3.63) is 34.6 Å². The zero-order valence-corrected chi connectivity index (χ0v) is 10.6. The van der Waals surface area contributed by atoms with Gasteiger partial charge in [0.15, 0.2) is 0 Å². The van der Waals surface area contributed by atoms with Gasteiger partial charge in [0.25, 0.3) is 0 Å². The largest absolute Gasteiger partial charge is 0.385 e. The summed E-state index contributed by atoms with van der Waals surface area (Å²) in [5.74, 6) is -0.290. The van der Waals surface area contributed by atoms with Crippen LogP contribution in [0.5, 0.6) is 0 Å². The van der Waals surface area contributed by atoms with Crippen LogP contribution >= 0.6 is 11.6 Å². The summed E-state index contributed by atoms with van der Waals surface area (Å²) in [7, 11) is 0. The van der Waals surface area contributed by atoms with Crippen molar-refractivity contribution in [2.24, 2.45) is 5.92 Å². The van der Waals surface area contributed by atoms with E-state index >= 15 is 0 Å². The molecule has 2 rings (SSSR count). The summed E-state index contributed by atoms with van der Waals surface area (Å²) < 4.78 is 13.3. The Kier molecular flexibility index (Phi) is 3.71. The molecule has 0 radical (unpaired) electrons. The van der Waals surface area contributed by atoms with Crippen molar-refractivity contribution in [3.8, 4) is 0 Å². The van der Waals surface area contributed by atoms with E-state index in [2.05, 4.69) is 5.32 Å². The highest BCUT2D eigenvalue weighted by Gasteiger charge is 2.40. The molecule has 2 unspecified atom stereocenters. The van der Waals surface area contributed by atoms with Gasteiger partial charge in [0.05, 0.1) is 5.60 Å². The van der Waals surface area contributed by atoms with E-state index in [1.54, 1.807) is 0 Å². The van der Waals surface area contributed by atoms with Crippen molar-refractivity contribution in [2.75, 3.05) is 13.1 Å². The second kappa shape index (κ2) is 4.92. The Balaban J connectivity index is 2.44. The molecule has 17 heavy (non-hydrogen) atoms. The topological polar surface area (TPSA) is 32.3 Å². The summed E-state index contributed by atoms with van der Waals surface area (Å²) >= 11 is 6.09. The number of halogens is 2. The van der Waals surface area contributed by atoms with Gasteiger partial charge in [-0.1, -0.05) is 18.5 Å². The molecule has 0 spiro atoms. The molecule has 2 N–H and O–H groups in total. The van der Waals surface area contributed by atoms with Crippen molar-refractivity contribution < 1.29 is 9.50 Å². The summed E-state index contributed by atoms with van der Waals surface area (Å²) in [6.45, 7) is 3.48. The lowest BCUT2D eigenvalue weighted by Crippen LogP contribution is -2.48. The van der Waals surface area contributed by atoms with Crippen molar-refractivity contribution in [1.82, 2.24) is 5.32 Å². The predicted molar refractivity (Wildman–Crippen MR) is 66.6 cm³/mol. The van der Waals surface area contributed by atoms with Gasteiger partial charge in [0.1, 0.15) is 5.82 Å². The van der Waals surface area contributed by atoms with Crippen molar-refractivity contribution in [2.45, 2.75) is 25.4 Å². The molecule has 0 saturated carbocycles. The van der Waals surface area contributed by atoms with Crippen LogP contribution in [-0.4, -0.2) is 18.2 Å². The fourth-order valence-electron chi connectivity index (χ4n) is 2.59. The standard InChI is InChI=1S/C13H17ClFNO/c1-2-9-8-16-6-5-13(9,17)11-7-10(15)3-4-12(11)14/h3-4,7,9,16-17H,2,5-6,8H2,1H3. The van der Waals surface area contributed by atoms with E-state index in [0.29, 0.717) is 17.0 Å². The fraction of sp³-hybridized carbons (Fsp3) is 0.538. The fourth-order valence-corrected chi connectivity index (χ4v) is 2.88. The molecule has 0 bridgehead atoms. The Morgan fingerprint density at radius 2 is 2.35 bits per heavy atom. The highest BCUT2D eigenvalue weighted by molar-refractivity contribution is 6.31. The average molecular weight is 258 g/mol.